The summed E-state index contributed by atoms with van der Waals surface area (Å²) in [5.41, 5.74) is 2.51. The fourth-order valence-electron chi connectivity index (χ4n) is 1.60. The van der Waals surface area contributed by atoms with Gasteiger partial charge >= 0.3 is 0 Å². The highest BCUT2D eigenvalue weighted by Gasteiger charge is 2.13. The van der Waals surface area contributed by atoms with Crippen LogP contribution < -0.4 is 0 Å². The lowest BCUT2D eigenvalue weighted by molar-refractivity contribution is 0.102. The first-order valence-electron chi connectivity index (χ1n) is 4.48. The van der Waals surface area contributed by atoms with Crippen molar-refractivity contribution in [3.63, 3.8) is 0 Å². The normalized spacial score (nSPS) is 10.6. The highest BCUT2D eigenvalue weighted by Crippen LogP contribution is 2.15. The van der Waals surface area contributed by atoms with Crippen LogP contribution in [0.5, 0.6) is 0 Å². The molecule has 1 rings (SSSR count). The summed E-state index contributed by atoms with van der Waals surface area (Å²) < 4.78 is 1.92. The minimum Gasteiger partial charge on any atom is -0.395 e. The van der Waals surface area contributed by atoms with Gasteiger partial charge in [-0.05, 0) is 19.9 Å². The minimum atomic E-state index is -0.0658. The summed E-state index contributed by atoms with van der Waals surface area (Å²) in [5, 5.41) is 8.84. The zero-order valence-electron chi connectivity index (χ0n) is 8.38. The second-order valence-electron chi connectivity index (χ2n) is 3.22. The Morgan fingerprint density at radius 1 is 1.57 bits per heavy atom. The average Bonchev–Trinajstić information content (AvgIpc) is 2.45. The molecule has 0 amide bonds. The standard InChI is InChI=1S/C10H14ClNO2/c1-7-5-9(10(14)6-11)8(2)12(7)3-4-13/h5,13H,3-4,6H2,1-2H3. The van der Waals surface area contributed by atoms with E-state index in [9.17, 15) is 4.79 Å². The van der Waals surface area contributed by atoms with Gasteiger partial charge in [-0.2, -0.15) is 0 Å². The minimum absolute atomic E-state index is 0.00339. The van der Waals surface area contributed by atoms with E-state index < -0.39 is 0 Å². The molecule has 0 aliphatic carbocycles. The van der Waals surface area contributed by atoms with Gasteiger partial charge in [-0.25, -0.2) is 0 Å². The summed E-state index contributed by atoms with van der Waals surface area (Å²) >= 11 is 5.49. The van der Waals surface area contributed by atoms with Gasteiger partial charge in [0.05, 0.1) is 12.5 Å². The highest BCUT2D eigenvalue weighted by molar-refractivity contribution is 6.30. The molecule has 1 N–H and O–H groups in total. The molecule has 0 aromatic carbocycles. The molecule has 0 saturated carbocycles. The first-order chi connectivity index (χ1) is 6.61. The van der Waals surface area contributed by atoms with Gasteiger partial charge in [0.25, 0.3) is 0 Å². The predicted octanol–water partition coefficient (Wildman–Crippen LogP) is 1.52. The Morgan fingerprint density at radius 3 is 2.71 bits per heavy atom. The number of ketones is 1. The third-order valence-electron chi connectivity index (χ3n) is 2.32. The van der Waals surface area contributed by atoms with Gasteiger partial charge in [0.1, 0.15) is 0 Å². The zero-order chi connectivity index (χ0) is 10.7. The number of aromatic nitrogens is 1. The maximum absolute atomic E-state index is 11.4. The predicted molar refractivity (Wildman–Crippen MR) is 56.0 cm³/mol. The number of aliphatic hydroxyl groups excluding tert-OH is 1. The van der Waals surface area contributed by atoms with E-state index in [1.54, 1.807) is 0 Å². The van der Waals surface area contributed by atoms with Crippen LogP contribution in [0.2, 0.25) is 0 Å². The lowest BCUT2D eigenvalue weighted by atomic mass is 10.2. The zero-order valence-corrected chi connectivity index (χ0v) is 9.14. The highest BCUT2D eigenvalue weighted by atomic mass is 35.5. The lowest BCUT2D eigenvalue weighted by Crippen LogP contribution is -2.08. The quantitative estimate of drug-likeness (QED) is 0.611. The van der Waals surface area contributed by atoms with Crippen molar-refractivity contribution in [2.24, 2.45) is 0 Å². The van der Waals surface area contributed by atoms with Gasteiger partial charge in [-0.15, -0.1) is 11.6 Å². The largest absolute Gasteiger partial charge is 0.395 e. The molecule has 0 saturated heterocycles. The van der Waals surface area contributed by atoms with Crippen LogP contribution >= 0.6 is 11.6 Å². The number of halogens is 1. The molecule has 0 fully saturated rings. The lowest BCUT2D eigenvalue weighted by Gasteiger charge is -2.06. The van der Waals surface area contributed by atoms with Crippen LogP contribution in [0.4, 0.5) is 0 Å². The second kappa shape index (κ2) is 4.62. The summed E-state index contributed by atoms with van der Waals surface area (Å²) in [5.74, 6) is -0.0624. The summed E-state index contributed by atoms with van der Waals surface area (Å²) in [7, 11) is 0. The molecular weight excluding hydrogens is 202 g/mol. The smallest absolute Gasteiger partial charge is 0.179 e. The van der Waals surface area contributed by atoms with Gasteiger partial charge in [0.15, 0.2) is 5.78 Å². The van der Waals surface area contributed by atoms with Crippen molar-refractivity contribution >= 4 is 17.4 Å². The van der Waals surface area contributed by atoms with Crippen LogP contribution in [-0.2, 0) is 6.54 Å². The molecule has 78 valence electrons. The number of carbonyl (C=O) groups is 1. The van der Waals surface area contributed by atoms with Gasteiger partial charge in [-0.3, -0.25) is 4.79 Å². The molecule has 0 aliphatic rings. The van der Waals surface area contributed by atoms with Crippen molar-refractivity contribution in [3.8, 4) is 0 Å². The number of hydrogen-bond acceptors (Lipinski definition) is 2. The van der Waals surface area contributed by atoms with E-state index in [0.717, 1.165) is 11.4 Å². The monoisotopic (exact) mass is 215 g/mol. The molecular formula is C10H14ClNO2. The van der Waals surface area contributed by atoms with E-state index in [-0.39, 0.29) is 18.3 Å². The van der Waals surface area contributed by atoms with Crippen molar-refractivity contribution < 1.29 is 9.90 Å². The van der Waals surface area contributed by atoms with E-state index in [0.29, 0.717) is 12.1 Å². The Kier molecular flexibility index (Phi) is 3.72. The molecule has 0 unspecified atom stereocenters. The Morgan fingerprint density at radius 2 is 2.21 bits per heavy atom. The van der Waals surface area contributed by atoms with Crippen LogP contribution in [0.15, 0.2) is 6.07 Å². The second-order valence-corrected chi connectivity index (χ2v) is 3.48. The molecule has 0 bridgehead atoms. The number of hydrogen-bond donors (Lipinski definition) is 1. The Hall–Kier alpha value is -0.800. The van der Waals surface area contributed by atoms with E-state index in [1.807, 2.05) is 24.5 Å². The fraction of sp³-hybridized carbons (Fsp3) is 0.500. The number of alkyl halides is 1. The number of aryl methyl sites for hydroxylation is 1. The van der Waals surface area contributed by atoms with E-state index >= 15 is 0 Å². The van der Waals surface area contributed by atoms with Crippen molar-refractivity contribution in [2.45, 2.75) is 20.4 Å². The van der Waals surface area contributed by atoms with Crippen LogP contribution in [0.1, 0.15) is 21.7 Å². The Labute approximate surface area is 88.3 Å². The number of Topliss-reactive ketones (excluding diaryl/α,β-unsaturated/α-hetero) is 1. The average molecular weight is 216 g/mol. The van der Waals surface area contributed by atoms with Crippen LogP contribution in [0.3, 0.4) is 0 Å². The molecule has 0 spiro atoms. The summed E-state index contributed by atoms with van der Waals surface area (Å²) in [4.78, 5) is 11.4. The Balaban J connectivity index is 3.10. The first kappa shape index (κ1) is 11.3. The summed E-state index contributed by atoms with van der Waals surface area (Å²) in [6.45, 7) is 4.37. The molecule has 0 atom stereocenters. The van der Waals surface area contributed by atoms with Crippen LogP contribution in [0.25, 0.3) is 0 Å². The van der Waals surface area contributed by atoms with Crippen molar-refractivity contribution in [3.05, 3.63) is 23.0 Å². The number of aliphatic hydroxyl groups is 1. The summed E-state index contributed by atoms with van der Waals surface area (Å²) in [6, 6.07) is 1.82. The van der Waals surface area contributed by atoms with Crippen LogP contribution in [-0.4, -0.2) is 27.9 Å². The topological polar surface area (TPSA) is 42.2 Å². The third-order valence-corrected chi connectivity index (χ3v) is 2.56. The number of nitrogens with zero attached hydrogens (tertiary/aromatic N) is 1. The van der Waals surface area contributed by atoms with E-state index in [2.05, 4.69) is 0 Å². The maximum atomic E-state index is 11.4. The van der Waals surface area contributed by atoms with Gasteiger partial charge in [-0.1, -0.05) is 0 Å². The van der Waals surface area contributed by atoms with Crippen LogP contribution in [0, 0.1) is 13.8 Å². The van der Waals surface area contributed by atoms with E-state index in [4.69, 9.17) is 16.7 Å². The van der Waals surface area contributed by atoms with Crippen molar-refractivity contribution in [1.29, 1.82) is 0 Å². The maximum Gasteiger partial charge on any atom is 0.179 e. The first-order valence-corrected chi connectivity index (χ1v) is 5.02. The molecule has 1 heterocycles. The molecule has 4 heteroatoms. The molecule has 1 aromatic rings. The third kappa shape index (κ3) is 1.99. The van der Waals surface area contributed by atoms with Gasteiger partial charge in [0.2, 0.25) is 0 Å². The fourth-order valence-corrected chi connectivity index (χ4v) is 1.74. The molecule has 14 heavy (non-hydrogen) atoms. The van der Waals surface area contributed by atoms with Gasteiger partial charge < -0.3 is 9.67 Å². The summed E-state index contributed by atoms with van der Waals surface area (Å²) in [6.07, 6.45) is 0. The number of rotatable bonds is 4. The molecule has 0 aliphatic heterocycles. The Bertz CT molecular complexity index is 344. The SMILES string of the molecule is Cc1cc(C(=O)CCl)c(C)n1CCO. The molecule has 0 radical (unpaired) electrons. The van der Waals surface area contributed by atoms with E-state index in [1.165, 1.54) is 0 Å². The molecule has 1 aromatic heterocycles. The van der Waals surface area contributed by atoms with Crippen molar-refractivity contribution in [1.82, 2.24) is 4.57 Å². The number of carbonyl (C=O) groups excluding carboxylic acids is 1. The van der Waals surface area contributed by atoms with Crippen molar-refractivity contribution in [2.75, 3.05) is 12.5 Å². The van der Waals surface area contributed by atoms with Gasteiger partial charge in [0, 0.05) is 23.5 Å². The molecule has 3 nitrogen and oxygen atoms in total.